The molecule has 2 N–H and O–H groups in total. The second-order valence-corrected chi connectivity index (χ2v) is 9.32. The van der Waals surface area contributed by atoms with Crippen LogP contribution in [-0.4, -0.2) is 27.8 Å². The van der Waals surface area contributed by atoms with E-state index in [1.165, 1.54) is 0 Å². The van der Waals surface area contributed by atoms with Gasteiger partial charge in [0.1, 0.15) is 0 Å². The number of carbonyl (C=O) groups excluding carboxylic acids is 2. The van der Waals surface area contributed by atoms with Gasteiger partial charge in [0.25, 0.3) is 0 Å². The highest BCUT2D eigenvalue weighted by atomic mass is 16.4. The van der Waals surface area contributed by atoms with Crippen molar-refractivity contribution in [2.45, 2.75) is 44.6 Å². The molecule has 3 aromatic rings. The van der Waals surface area contributed by atoms with Gasteiger partial charge < -0.3 is 10.4 Å². The van der Waals surface area contributed by atoms with E-state index in [1.54, 1.807) is 23.4 Å². The molecule has 36 heavy (non-hydrogen) atoms. The molecule has 2 aliphatic rings. The van der Waals surface area contributed by atoms with Crippen LogP contribution in [-0.2, 0) is 14.4 Å². The van der Waals surface area contributed by atoms with Gasteiger partial charge in [-0.3, -0.25) is 24.3 Å². The molecule has 0 bridgehead atoms. The standard InChI is InChI=1S/C29H27N3O4/c1-18-8-10-19(11-9-18)21-15-23-28(25(33)16-21)29(20-5-4-14-30-17-20)32(26(34)12-13-27(35)36)24-7-3-2-6-22(24)31-23/h2-11,14,17,21,29,31H,12-13,15-16H2,1H3,(H,35,36). The lowest BCUT2D eigenvalue weighted by molar-refractivity contribution is -0.138. The predicted octanol–water partition coefficient (Wildman–Crippen LogP) is 5.16. The largest absolute Gasteiger partial charge is 0.481 e. The Balaban J connectivity index is 1.66. The molecule has 0 saturated carbocycles. The van der Waals surface area contributed by atoms with Crippen LogP contribution in [0.4, 0.5) is 11.4 Å². The summed E-state index contributed by atoms with van der Waals surface area (Å²) in [5.41, 5.74) is 5.60. The molecule has 2 aromatic carbocycles. The molecule has 2 unspecified atom stereocenters. The van der Waals surface area contributed by atoms with Crippen molar-refractivity contribution in [1.82, 2.24) is 4.98 Å². The molecule has 7 heteroatoms. The van der Waals surface area contributed by atoms with Crippen molar-refractivity contribution in [3.63, 3.8) is 0 Å². The zero-order chi connectivity index (χ0) is 25.2. The third kappa shape index (κ3) is 4.52. The molecule has 0 spiro atoms. The Morgan fingerprint density at radius 3 is 2.50 bits per heavy atom. The van der Waals surface area contributed by atoms with E-state index in [-0.39, 0.29) is 30.4 Å². The second-order valence-electron chi connectivity index (χ2n) is 9.32. The highest BCUT2D eigenvalue weighted by Crippen LogP contribution is 2.47. The topological polar surface area (TPSA) is 99.6 Å². The fraction of sp³-hybridized carbons (Fsp3) is 0.241. The Bertz CT molecular complexity index is 1350. The molecule has 1 amide bonds. The second kappa shape index (κ2) is 9.77. The summed E-state index contributed by atoms with van der Waals surface area (Å²) >= 11 is 0. The van der Waals surface area contributed by atoms with Crippen molar-refractivity contribution in [3.8, 4) is 0 Å². The fourth-order valence-corrected chi connectivity index (χ4v) is 5.13. The number of pyridine rings is 1. The summed E-state index contributed by atoms with van der Waals surface area (Å²) in [5.74, 6) is -1.42. The summed E-state index contributed by atoms with van der Waals surface area (Å²) in [6, 6.07) is 18.6. The van der Waals surface area contributed by atoms with E-state index in [0.717, 1.165) is 16.8 Å². The summed E-state index contributed by atoms with van der Waals surface area (Å²) in [5, 5.41) is 12.7. The Labute approximate surface area is 209 Å². The maximum atomic E-state index is 13.9. The van der Waals surface area contributed by atoms with Gasteiger partial charge in [0.2, 0.25) is 5.91 Å². The zero-order valence-corrected chi connectivity index (χ0v) is 20.0. The van der Waals surface area contributed by atoms with E-state index in [1.807, 2.05) is 37.3 Å². The molecule has 1 aliphatic carbocycles. The minimum absolute atomic E-state index is 0.0142. The van der Waals surface area contributed by atoms with Gasteiger partial charge in [-0.25, -0.2) is 0 Å². The number of benzene rings is 2. The minimum atomic E-state index is -1.04. The number of carbonyl (C=O) groups is 3. The molecule has 1 aromatic heterocycles. The Hall–Kier alpha value is -4.26. The third-order valence-electron chi connectivity index (χ3n) is 6.86. The molecule has 2 heterocycles. The first-order valence-corrected chi connectivity index (χ1v) is 12.0. The number of nitrogens with zero attached hydrogens (tertiary/aromatic N) is 2. The lowest BCUT2D eigenvalue weighted by Gasteiger charge is -2.35. The van der Waals surface area contributed by atoms with Gasteiger partial charge in [0.15, 0.2) is 5.78 Å². The smallest absolute Gasteiger partial charge is 0.303 e. The van der Waals surface area contributed by atoms with Crippen LogP contribution in [0.1, 0.15) is 54.3 Å². The molecule has 5 rings (SSSR count). The third-order valence-corrected chi connectivity index (χ3v) is 6.86. The molecule has 182 valence electrons. The summed E-state index contributed by atoms with van der Waals surface area (Å²) in [7, 11) is 0. The van der Waals surface area contributed by atoms with E-state index >= 15 is 0 Å². The Morgan fingerprint density at radius 2 is 1.78 bits per heavy atom. The van der Waals surface area contributed by atoms with Crippen LogP contribution in [0, 0.1) is 6.92 Å². The maximum absolute atomic E-state index is 13.9. The van der Waals surface area contributed by atoms with E-state index in [0.29, 0.717) is 35.4 Å². The molecular formula is C29H27N3O4. The van der Waals surface area contributed by atoms with E-state index in [2.05, 4.69) is 34.6 Å². The van der Waals surface area contributed by atoms with Crippen molar-refractivity contribution in [2.24, 2.45) is 0 Å². The lowest BCUT2D eigenvalue weighted by Crippen LogP contribution is -2.38. The predicted molar refractivity (Wildman–Crippen MR) is 137 cm³/mol. The van der Waals surface area contributed by atoms with E-state index < -0.39 is 12.0 Å². The number of anilines is 2. The van der Waals surface area contributed by atoms with Crippen molar-refractivity contribution in [3.05, 3.63) is 101 Å². The van der Waals surface area contributed by atoms with Gasteiger partial charge in [-0.1, -0.05) is 48.0 Å². The summed E-state index contributed by atoms with van der Waals surface area (Å²) < 4.78 is 0. The average Bonchev–Trinajstić information content (AvgIpc) is 3.03. The van der Waals surface area contributed by atoms with Gasteiger partial charge in [-0.2, -0.15) is 0 Å². The van der Waals surface area contributed by atoms with Crippen molar-refractivity contribution < 1.29 is 19.5 Å². The molecule has 0 radical (unpaired) electrons. The molecule has 2 atom stereocenters. The van der Waals surface area contributed by atoms with E-state index in [4.69, 9.17) is 0 Å². The minimum Gasteiger partial charge on any atom is -0.481 e. The van der Waals surface area contributed by atoms with Crippen molar-refractivity contribution in [1.29, 1.82) is 0 Å². The quantitative estimate of drug-likeness (QED) is 0.523. The zero-order valence-electron chi connectivity index (χ0n) is 20.0. The first kappa shape index (κ1) is 23.5. The number of ketones is 1. The molecule has 0 saturated heterocycles. The normalized spacial score (nSPS) is 19.1. The number of rotatable bonds is 5. The lowest BCUT2D eigenvalue weighted by atomic mass is 9.78. The van der Waals surface area contributed by atoms with Crippen LogP contribution >= 0.6 is 0 Å². The SMILES string of the molecule is Cc1ccc(C2CC(=O)C3=C(C2)Nc2ccccc2N(C(=O)CCC(=O)O)C3c2cccnc2)cc1. The highest BCUT2D eigenvalue weighted by Gasteiger charge is 2.41. The average molecular weight is 482 g/mol. The Morgan fingerprint density at radius 1 is 1.00 bits per heavy atom. The summed E-state index contributed by atoms with van der Waals surface area (Å²) in [6.45, 7) is 2.04. The van der Waals surface area contributed by atoms with E-state index in [9.17, 15) is 19.5 Å². The number of nitrogens with one attached hydrogen (secondary N) is 1. The number of fused-ring (bicyclic) bond motifs is 1. The number of carboxylic acids is 1. The van der Waals surface area contributed by atoms with Crippen molar-refractivity contribution >= 4 is 29.0 Å². The number of carboxylic acid groups (broad SMARTS) is 1. The van der Waals surface area contributed by atoms with Crippen LogP contribution in [0.3, 0.4) is 0 Å². The molecular weight excluding hydrogens is 454 g/mol. The summed E-state index contributed by atoms with van der Waals surface area (Å²) in [4.78, 5) is 44.5. The number of hydrogen-bond acceptors (Lipinski definition) is 5. The van der Waals surface area contributed by atoms with Crippen LogP contribution in [0.2, 0.25) is 0 Å². The first-order chi connectivity index (χ1) is 17.4. The van der Waals surface area contributed by atoms with Crippen LogP contribution in [0.15, 0.2) is 84.3 Å². The molecule has 1 aliphatic heterocycles. The number of aliphatic carboxylic acids is 1. The fourth-order valence-electron chi connectivity index (χ4n) is 5.13. The van der Waals surface area contributed by atoms with Gasteiger partial charge in [0.05, 0.1) is 23.8 Å². The number of allylic oxidation sites excluding steroid dienone is 1. The number of hydrogen-bond donors (Lipinski definition) is 2. The van der Waals surface area contributed by atoms with Crippen molar-refractivity contribution in [2.75, 3.05) is 10.2 Å². The van der Waals surface area contributed by atoms with Crippen LogP contribution in [0.25, 0.3) is 0 Å². The Kier molecular flexibility index (Phi) is 6.38. The molecule has 0 fully saturated rings. The number of aromatic nitrogens is 1. The van der Waals surface area contributed by atoms with Gasteiger partial charge >= 0.3 is 5.97 Å². The number of para-hydroxylation sites is 2. The van der Waals surface area contributed by atoms with Crippen LogP contribution < -0.4 is 10.2 Å². The number of Topliss-reactive ketones (excluding diaryl/α,β-unsaturated/α-hetero) is 1. The number of aryl methyl sites for hydroxylation is 1. The highest BCUT2D eigenvalue weighted by molar-refractivity contribution is 6.06. The monoisotopic (exact) mass is 481 g/mol. The summed E-state index contributed by atoms with van der Waals surface area (Å²) in [6.07, 6.45) is 3.79. The van der Waals surface area contributed by atoms with Gasteiger partial charge in [0, 0.05) is 36.5 Å². The maximum Gasteiger partial charge on any atom is 0.303 e. The van der Waals surface area contributed by atoms with Crippen LogP contribution in [0.5, 0.6) is 0 Å². The van der Waals surface area contributed by atoms with Gasteiger partial charge in [-0.05, 0) is 48.6 Å². The first-order valence-electron chi connectivity index (χ1n) is 12.0. The van der Waals surface area contributed by atoms with Gasteiger partial charge in [-0.15, -0.1) is 0 Å². The molecule has 7 nitrogen and oxygen atoms in total. The number of amides is 1.